The van der Waals surface area contributed by atoms with Crippen molar-refractivity contribution >= 4 is 33.6 Å². The number of ketones is 1. The predicted octanol–water partition coefficient (Wildman–Crippen LogP) is 10.4. The fourth-order valence-electron chi connectivity index (χ4n) is 6.42. The van der Waals surface area contributed by atoms with Gasteiger partial charge in [-0.25, -0.2) is 4.79 Å². The van der Waals surface area contributed by atoms with Gasteiger partial charge in [-0.3, -0.25) is 4.79 Å². The number of para-hydroxylation sites is 1. The van der Waals surface area contributed by atoms with Crippen LogP contribution in [0.25, 0.3) is 21.8 Å². The third-order valence-corrected chi connectivity index (χ3v) is 9.31. The summed E-state index contributed by atoms with van der Waals surface area (Å²) in [4.78, 5) is 28.7. The van der Waals surface area contributed by atoms with Crippen molar-refractivity contribution < 1.29 is 33.6 Å². The van der Waals surface area contributed by atoms with Crippen molar-refractivity contribution in [3.8, 4) is 28.7 Å². The molecule has 56 heavy (non-hydrogen) atoms. The Hall–Kier alpha value is -7.26. The number of rotatable bonds is 13. The van der Waals surface area contributed by atoms with Crippen LogP contribution in [0.15, 0.2) is 158 Å². The van der Waals surface area contributed by atoms with Crippen molar-refractivity contribution in [2.45, 2.75) is 19.6 Å². The summed E-state index contributed by atoms with van der Waals surface area (Å²) in [5, 5.41) is 11.6. The van der Waals surface area contributed by atoms with Crippen molar-refractivity contribution in [1.82, 2.24) is 9.55 Å². The first-order valence-corrected chi connectivity index (χ1v) is 18.1. The smallest absolute Gasteiger partial charge is 0.339 e. The normalized spacial score (nSPS) is 10.8. The first kappa shape index (κ1) is 37.1. The van der Waals surface area contributed by atoms with E-state index in [1.54, 1.807) is 56.7 Å². The van der Waals surface area contributed by atoms with Gasteiger partial charge in [0.2, 0.25) is 5.78 Å². The van der Waals surface area contributed by atoms with Crippen molar-refractivity contribution in [3.63, 3.8) is 0 Å². The van der Waals surface area contributed by atoms with Gasteiger partial charge in [0.05, 0.1) is 25.4 Å². The lowest BCUT2D eigenvalue weighted by molar-refractivity contribution is 0.0694. The van der Waals surface area contributed by atoms with E-state index >= 15 is 0 Å². The van der Waals surface area contributed by atoms with Crippen molar-refractivity contribution in [2.75, 3.05) is 14.2 Å². The number of methoxy groups -OCH3 is 2. The molecule has 0 bridgehead atoms. The number of aromatic amines is 1. The Morgan fingerprint density at radius 2 is 1.30 bits per heavy atom. The number of aromatic carboxylic acids is 1. The van der Waals surface area contributed by atoms with Crippen LogP contribution in [0.2, 0.25) is 0 Å². The predicted molar refractivity (Wildman–Crippen MR) is 218 cm³/mol. The number of carboxylic acids is 1. The number of carbonyl (C=O) groups excluding carboxylic acids is 1. The van der Waals surface area contributed by atoms with Crippen LogP contribution in [0.3, 0.4) is 0 Å². The molecule has 2 aromatic heterocycles. The van der Waals surface area contributed by atoms with E-state index in [4.69, 9.17) is 18.9 Å². The minimum absolute atomic E-state index is 0.0693. The molecule has 9 nitrogen and oxygen atoms in total. The molecular formula is C47H40N2O7. The lowest BCUT2D eigenvalue weighted by atomic mass is 10.1. The number of aromatic nitrogens is 2. The van der Waals surface area contributed by atoms with Crippen LogP contribution in [0, 0.1) is 0 Å². The quantitative estimate of drug-likeness (QED) is 0.113. The second-order valence-electron chi connectivity index (χ2n) is 13.0. The fourth-order valence-corrected chi connectivity index (χ4v) is 6.42. The maximum atomic E-state index is 13.9. The minimum atomic E-state index is -1.07. The van der Waals surface area contributed by atoms with Crippen LogP contribution in [0.5, 0.6) is 28.7 Å². The van der Waals surface area contributed by atoms with E-state index in [0.29, 0.717) is 48.1 Å². The molecular weight excluding hydrogens is 705 g/mol. The Morgan fingerprint density at radius 1 is 0.643 bits per heavy atom. The number of carbonyl (C=O) groups is 2. The van der Waals surface area contributed by atoms with Gasteiger partial charge in [-0.1, -0.05) is 72.8 Å². The number of H-pyrrole nitrogens is 1. The lowest BCUT2D eigenvalue weighted by Crippen LogP contribution is -2.12. The third kappa shape index (κ3) is 8.75. The first-order valence-electron chi connectivity index (χ1n) is 18.1. The van der Waals surface area contributed by atoms with Gasteiger partial charge in [0.25, 0.3) is 0 Å². The van der Waals surface area contributed by atoms with Crippen LogP contribution < -0.4 is 18.9 Å². The summed E-state index contributed by atoms with van der Waals surface area (Å²) in [5.41, 5.74) is 5.26. The Bertz CT molecular complexity index is 2570. The van der Waals surface area contributed by atoms with Crippen LogP contribution in [0.1, 0.15) is 37.5 Å². The highest BCUT2D eigenvalue weighted by molar-refractivity contribution is 6.11. The highest BCUT2D eigenvalue weighted by Crippen LogP contribution is 2.32. The number of nitrogens with zero attached hydrogens (tertiary/aromatic N) is 1. The molecule has 0 saturated heterocycles. The molecule has 0 atom stereocenters. The van der Waals surface area contributed by atoms with Gasteiger partial charge in [0.15, 0.2) is 0 Å². The molecule has 0 spiro atoms. The van der Waals surface area contributed by atoms with Gasteiger partial charge >= 0.3 is 5.97 Å². The monoisotopic (exact) mass is 744 g/mol. The van der Waals surface area contributed by atoms with Gasteiger partial charge in [-0.15, -0.1) is 0 Å². The number of benzene rings is 6. The molecule has 2 N–H and O–H groups in total. The molecule has 8 rings (SSSR count). The Balaban J connectivity index is 0.000000234. The third-order valence-electron chi connectivity index (χ3n) is 9.31. The summed E-state index contributed by atoms with van der Waals surface area (Å²) in [7, 11) is 3.09. The second kappa shape index (κ2) is 17.3. The molecule has 6 aromatic carbocycles. The van der Waals surface area contributed by atoms with Gasteiger partial charge < -0.3 is 33.6 Å². The highest BCUT2D eigenvalue weighted by Gasteiger charge is 2.20. The molecule has 9 heteroatoms. The molecule has 0 fully saturated rings. The van der Waals surface area contributed by atoms with Crippen LogP contribution in [-0.2, 0) is 19.6 Å². The number of hydrogen-bond acceptors (Lipinski definition) is 6. The van der Waals surface area contributed by atoms with Crippen LogP contribution >= 0.6 is 0 Å². The maximum absolute atomic E-state index is 13.9. The van der Waals surface area contributed by atoms with E-state index in [2.05, 4.69) is 41.4 Å². The summed E-state index contributed by atoms with van der Waals surface area (Å²) < 4.78 is 24.5. The summed E-state index contributed by atoms with van der Waals surface area (Å²) >= 11 is 0. The standard InChI is InChI=1S/C32H27NO6.C15H13NO/c1-37-25-16-23(17-26(19-25)38-2)31(34)29-18-22-12-13-24(39-30-11-7-6-10-27(30)32(35)36)20-28(22)33(29)15-14-21-8-4-3-5-9-21;1-2-4-12(5-3-1)11-17-14-7-6-13-8-9-16-15(13)10-14/h3-13,16-20H,14-15H2,1-2H3,(H,35,36);1-10,16H,11H2. The number of nitrogens with one attached hydrogen (secondary N) is 1. The van der Waals surface area contributed by atoms with E-state index in [1.165, 1.54) is 17.0 Å². The fraction of sp³-hybridized carbons (Fsp3) is 0.106. The van der Waals surface area contributed by atoms with E-state index in [-0.39, 0.29) is 17.1 Å². The van der Waals surface area contributed by atoms with Crippen molar-refractivity contribution in [1.29, 1.82) is 0 Å². The number of fused-ring (bicyclic) bond motifs is 2. The highest BCUT2D eigenvalue weighted by atomic mass is 16.5. The van der Waals surface area contributed by atoms with Gasteiger partial charge in [0.1, 0.15) is 40.9 Å². The molecule has 0 saturated carbocycles. The van der Waals surface area contributed by atoms with E-state index < -0.39 is 5.97 Å². The minimum Gasteiger partial charge on any atom is -0.497 e. The number of ether oxygens (including phenoxy) is 4. The van der Waals surface area contributed by atoms with Gasteiger partial charge in [-0.2, -0.15) is 0 Å². The van der Waals surface area contributed by atoms with E-state index in [0.717, 1.165) is 27.7 Å². The van der Waals surface area contributed by atoms with E-state index in [1.807, 2.05) is 77.5 Å². The Kier molecular flexibility index (Phi) is 11.4. The molecule has 0 amide bonds. The second-order valence-corrected chi connectivity index (χ2v) is 13.0. The van der Waals surface area contributed by atoms with Gasteiger partial charge in [-0.05, 0) is 83.6 Å². The number of aryl methyl sites for hydroxylation is 2. The number of hydrogen-bond donors (Lipinski definition) is 2. The number of carboxylic acid groups (broad SMARTS) is 1. The van der Waals surface area contributed by atoms with Gasteiger partial charge in [0, 0.05) is 47.4 Å². The molecule has 8 aromatic rings. The summed E-state index contributed by atoms with van der Waals surface area (Å²) in [6.07, 6.45) is 2.64. The van der Waals surface area contributed by atoms with Crippen molar-refractivity contribution in [3.05, 3.63) is 186 Å². The molecule has 280 valence electrons. The van der Waals surface area contributed by atoms with Crippen LogP contribution in [-0.4, -0.2) is 40.6 Å². The zero-order valence-electron chi connectivity index (χ0n) is 31.0. The molecule has 0 aliphatic heterocycles. The summed E-state index contributed by atoms with van der Waals surface area (Å²) in [5.74, 6) is 1.41. The Labute approximate surface area is 324 Å². The SMILES string of the molecule is COc1cc(OC)cc(C(=O)c2cc3ccc(Oc4ccccc4C(=O)O)cc3n2CCc2ccccc2)c1.c1ccc(COc2ccc3cc[nH]c3c2)cc1. The molecule has 0 aliphatic rings. The zero-order chi connectivity index (χ0) is 38.9. The maximum Gasteiger partial charge on any atom is 0.339 e. The first-order chi connectivity index (χ1) is 27.4. The molecule has 0 aliphatic carbocycles. The Morgan fingerprint density at radius 3 is 2.02 bits per heavy atom. The average molecular weight is 745 g/mol. The van der Waals surface area contributed by atoms with E-state index in [9.17, 15) is 14.7 Å². The average Bonchev–Trinajstić information content (AvgIpc) is 3.87. The summed E-state index contributed by atoms with van der Waals surface area (Å²) in [6.45, 7) is 1.15. The summed E-state index contributed by atoms with van der Waals surface area (Å²) in [6, 6.07) is 47.3. The van der Waals surface area contributed by atoms with Crippen molar-refractivity contribution in [2.24, 2.45) is 0 Å². The molecule has 0 unspecified atom stereocenters. The van der Waals surface area contributed by atoms with Crippen LogP contribution in [0.4, 0.5) is 0 Å². The molecule has 2 heterocycles. The topological polar surface area (TPSA) is 112 Å². The largest absolute Gasteiger partial charge is 0.497 e. The zero-order valence-corrected chi connectivity index (χ0v) is 31.0. The lowest BCUT2D eigenvalue weighted by Gasteiger charge is -2.13. The molecule has 0 radical (unpaired) electrons.